The third-order valence-corrected chi connectivity index (χ3v) is 4.50. The Labute approximate surface area is 128 Å². The molecule has 0 aromatic carbocycles. The zero-order chi connectivity index (χ0) is 14.2. The van der Waals surface area contributed by atoms with Crippen LogP contribution in [0.1, 0.15) is 19.3 Å². The van der Waals surface area contributed by atoms with E-state index in [-0.39, 0.29) is 0 Å². The SMILES string of the molecule is CSCCCCCNc1snc(N)c1-c1cccnc1. The number of nitrogens with zero attached hydrogens (tertiary/aromatic N) is 2. The molecule has 0 amide bonds. The van der Waals surface area contributed by atoms with E-state index in [1.807, 2.05) is 30.1 Å². The Balaban J connectivity index is 1.93. The third kappa shape index (κ3) is 4.11. The van der Waals surface area contributed by atoms with Gasteiger partial charge in [0.25, 0.3) is 0 Å². The van der Waals surface area contributed by atoms with Gasteiger partial charge >= 0.3 is 0 Å². The van der Waals surface area contributed by atoms with Crippen molar-refractivity contribution in [1.29, 1.82) is 0 Å². The summed E-state index contributed by atoms with van der Waals surface area (Å²) in [4.78, 5) is 4.14. The van der Waals surface area contributed by atoms with Gasteiger partial charge in [-0.05, 0) is 42.4 Å². The lowest BCUT2D eigenvalue weighted by atomic mass is 10.1. The van der Waals surface area contributed by atoms with Crippen LogP contribution in [0.4, 0.5) is 10.8 Å². The van der Waals surface area contributed by atoms with Crippen LogP contribution in [0.3, 0.4) is 0 Å². The van der Waals surface area contributed by atoms with E-state index in [1.54, 1.807) is 6.20 Å². The molecular weight excluding hydrogens is 288 g/mol. The van der Waals surface area contributed by atoms with E-state index in [4.69, 9.17) is 5.73 Å². The van der Waals surface area contributed by atoms with Crippen LogP contribution in [0.15, 0.2) is 24.5 Å². The number of unbranched alkanes of at least 4 members (excludes halogenated alkanes) is 2. The van der Waals surface area contributed by atoms with E-state index in [2.05, 4.69) is 20.9 Å². The number of anilines is 2. The van der Waals surface area contributed by atoms with Crippen LogP contribution >= 0.6 is 23.3 Å². The van der Waals surface area contributed by atoms with Gasteiger partial charge in [-0.2, -0.15) is 16.1 Å². The second-order valence-electron chi connectivity index (χ2n) is 4.49. The molecule has 0 atom stereocenters. The summed E-state index contributed by atoms with van der Waals surface area (Å²) in [6.07, 6.45) is 9.44. The lowest BCUT2D eigenvalue weighted by Gasteiger charge is -2.07. The molecule has 20 heavy (non-hydrogen) atoms. The fourth-order valence-electron chi connectivity index (χ4n) is 1.96. The zero-order valence-electron chi connectivity index (χ0n) is 11.6. The van der Waals surface area contributed by atoms with Crippen LogP contribution in [0, 0.1) is 0 Å². The molecule has 3 N–H and O–H groups in total. The van der Waals surface area contributed by atoms with Crippen LogP contribution in [0.5, 0.6) is 0 Å². The van der Waals surface area contributed by atoms with Crippen molar-refractivity contribution in [3.05, 3.63) is 24.5 Å². The summed E-state index contributed by atoms with van der Waals surface area (Å²) >= 11 is 3.33. The second kappa shape index (κ2) is 8.11. The number of nitrogen functional groups attached to an aromatic ring is 1. The minimum Gasteiger partial charge on any atom is -0.382 e. The monoisotopic (exact) mass is 308 g/mol. The summed E-state index contributed by atoms with van der Waals surface area (Å²) in [6.45, 7) is 0.962. The molecule has 0 aliphatic heterocycles. The predicted octanol–water partition coefficient (Wildman–Crippen LogP) is 3.73. The first kappa shape index (κ1) is 15.1. The van der Waals surface area contributed by atoms with Crippen molar-refractivity contribution in [2.24, 2.45) is 0 Å². The van der Waals surface area contributed by atoms with E-state index in [1.165, 1.54) is 36.5 Å². The Kier molecular flexibility index (Phi) is 6.14. The fourth-order valence-corrected chi connectivity index (χ4v) is 3.22. The Morgan fingerprint density at radius 2 is 2.25 bits per heavy atom. The molecule has 6 heteroatoms. The number of aromatic nitrogens is 2. The van der Waals surface area contributed by atoms with Gasteiger partial charge in [0.15, 0.2) is 0 Å². The average molecular weight is 308 g/mol. The van der Waals surface area contributed by atoms with Crippen LogP contribution in [-0.2, 0) is 0 Å². The molecule has 0 bridgehead atoms. The predicted molar refractivity (Wildman–Crippen MR) is 90.5 cm³/mol. The summed E-state index contributed by atoms with van der Waals surface area (Å²) in [6, 6.07) is 3.93. The highest BCUT2D eigenvalue weighted by Gasteiger charge is 2.13. The molecule has 0 saturated heterocycles. The van der Waals surface area contributed by atoms with Gasteiger partial charge in [-0.3, -0.25) is 4.98 Å². The number of thioether (sulfide) groups is 1. The Morgan fingerprint density at radius 3 is 3.00 bits per heavy atom. The van der Waals surface area contributed by atoms with Crippen molar-refractivity contribution < 1.29 is 0 Å². The van der Waals surface area contributed by atoms with Crippen molar-refractivity contribution in [3.63, 3.8) is 0 Å². The van der Waals surface area contributed by atoms with Crippen LogP contribution < -0.4 is 11.1 Å². The second-order valence-corrected chi connectivity index (χ2v) is 6.25. The molecule has 0 saturated carbocycles. The van der Waals surface area contributed by atoms with Crippen LogP contribution in [-0.4, -0.2) is 27.9 Å². The van der Waals surface area contributed by atoms with Gasteiger partial charge in [-0.15, -0.1) is 0 Å². The molecular formula is C14H20N4S2. The van der Waals surface area contributed by atoms with Gasteiger partial charge < -0.3 is 11.1 Å². The normalized spacial score (nSPS) is 10.7. The Hall–Kier alpha value is -1.27. The van der Waals surface area contributed by atoms with E-state index >= 15 is 0 Å². The molecule has 0 fully saturated rings. The molecule has 2 aromatic rings. The first-order valence-corrected chi connectivity index (χ1v) is 8.88. The van der Waals surface area contributed by atoms with Gasteiger partial charge in [0.2, 0.25) is 0 Å². The fraction of sp³-hybridized carbons (Fsp3) is 0.429. The molecule has 0 radical (unpaired) electrons. The summed E-state index contributed by atoms with van der Waals surface area (Å²) < 4.78 is 4.25. The maximum Gasteiger partial charge on any atom is 0.147 e. The summed E-state index contributed by atoms with van der Waals surface area (Å²) in [5.41, 5.74) is 7.97. The Morgan fingerprint density at radius 1 is 1.35 bits per heavy atom. The number of hydrogen-bond donors (Lipinski definition) is 2. The third-order valence-electron chi connectivity index (χ3n) is 2.98. The van der Waals surface area contributed by atoms with Gasteiger partial charge in [0, 0.05) is 24.5 Å². The van der Waals surface area contributed by atoms with Crippen molar-refractivity contribution in [1.82, 2.24) is 9.36 Å². The van der Waals surface area contributed by atoms with Crippen molar-refractivity contribution >= 4 is 34.1 Å². The minimum absolute atomic E-state index is 0.577. The van der Waals surface area contributed by atoms with Crippen LogP contribution in [0.2, 0.25) is 0 Å². The Bertz CT molecular complexity index is 513. The quantitative estimate of drug-likeness (QED) is 0.727. The van der Waals surface area contributed by atoms with Gasteiger partial charge in [-0.1, -0.05) is 12.5 Å². The number of pyridine rings is 1. The van der Waals surface area contributed by atoms with Crippen molar-refractivity contribution in [3.8, 4) is 11.1 Å². The number of rotatable bonds is 8. The molecule has 2 heterocycles. The van der Waals surface area contributed by atoms with Crippen molar-refractivity contribution in [2.75, 3.05) is 29.6 Å². The zero-order valence-corrected chi connectivity index (χ0v) is 13.3. The minimum atomic E-state index is 0.577. The first-order chi connectivity index (χ1) is 9.83. The molecule has 0 aliphatic carbocycles. The standard InChI is InChI=1S/C14H20N4S2/c1-19-9-4-2-3-8-17-14-12(13(15)18-20-14)11-6-5-7-16-10-11/h5-7,10,17H,2-4,8-9H2,1H3,(H2,15,18). The highest BCUT2D eigenvalue weighted by molar-refractivity contribution is 7.98. The number of nitrogens with one attached hydrogen (secondary N) is 1. The smallest absolute Gasteiger partial charge is 0.147 e. The molecule has 2 rings (SSSR count). The highest BCUT2D eigenvalue weighted by Crippen LogP contribution is 2.36. The first-order valence-electron chi connectivity index (χ1n) is 6.71. The molecule has 0 spiro atoms. The summed E-state index contributed by atoms with van der Waals surface area (Å²) in [5, 5.41) is 4.49. The lowest BCUT2D eigenvalue weighted by Crippen LogP contribution is -2.01. The van der Waals surface area contributed by atoms with E-state index in [0.717, 1.165) is 22.7 Å². The maximum atomic E-state index is 5.97. The average Bonchev–Trinajstić information content (AvgIpc) is 2.84. The van der Waals surface area contributed by atoms with E-state index in [9.17, 15) is 0 Å². The largest absolute Gasteiger partial charge is 0.382 e. The van der Waals surface area contributed by atoms with Gasteiger partial charge in [0.1, 0.15) is 10.8 Å². The van der Waals surface area contributed by atoms with Crippen molar-refractivity contribution in [2.45, 2.75) is 19.3 Å². The summed E-state index contributed by atoms with van der Waals surface area (Å²) in [5.74, 6) is 1.82. The maximum absolute atomic E-state index is 5.97. The van der Waals surface area contributed by atoms with E-state index < -0.39 is 0 Å². The molecule has 4 nitrogen and oxygen atoms in total. The summed E-state index contributed by atoms with van der Waals surface area (Å²) in [7, 11) is 0. The number of nitrogens with two attached hydrogens (primary N) is 1. The molecule has 2 aromatic heterocycles. The van der Waals surface area contributed by atoms with Crippen LogP contribution in [0.25, 0.3) is 11.1 Å². The molecule has 0 unspecified atom stereocenters. The van der Waals surface area contributed by atoms with Gasteiger partial charge in [0.05, 0.1) is 5.56 Å². The number of hydrogen-bond acceptors (Lipinski definition) is 6. The van der Waals surface area contributed by atoms with Gasteiger partial charge in [-0.25, -0.2) is 0 Å². The topological polar surface area (TPSA) is 63.8 Å². The molecule has 108 valence electrons. The lowest BCUT2D eigenvalue weighted by molar-refractivity contribution is 0.750. The molecule has 0 aliphatic rings. The van der Waals surface area contributed by atoms with E-state index in [0.29, 0.717) is 5.82 Å². The highest BCUT2D eigenvalue weighted by atomic mass is 32.2.